The van der Waals surface area contributed by atoms with E-state index in [1.165, 1.54) is 4.57 Å². The van der Waals surface area contributed by atoms with Crippen molar-refractivity contribution in [3.63, 3.8) is 0 Å². The maximum Gasteiger partial charge on any atom is 0.352 e. The van der Waals surface area contributed by atoms with Gasteiger partial charge in [0.1, 0.15) is 30.7 Å². The summed E-state index contributed by atoms with van der Waals surface area (Å²) in [5.74, 6) is 0.492. The fourth-order valence-electron chi connectivity index (χ4n) is 3.89. The van der Waals surface area contributed by atoms with Gasteiger partial charge in [0.05, 0.1) is 5.39 Å². The van der Waals surface area contributed by atoms with Crippen molar-refractivity contribution < 1.29 is 39.1 Å². The van der Waals surface area contributed by atoms with Crippen molar-refractivity contribution in [2.75, 3.05) is 18.6 Å². The maximum absolute atomic E-state index is 11.1. The van der Waals surface area contributed by atoms with Crippen LogP contribution in [0.25, 0.3) is 11.0 Å². The predicted octanol–water partition coefficient (Wildman–Crippen LogP) is 0.874. The average molecular weight is 444 g/mol. The summed E-state index contributed by atoms with van der Waals surface area (Å²) in [6.45, 7) is 0.576. The summed E-state index contributed by atoms with van der Waals surface area (Å²) in [7, 11) is -3.86. The molecule has 0 spiro atoms. The molecule has 0 amide bonds. The smallest absolute Gasteiger partial charge is 0.352 e. The van der Waals surface area contributed by atoms with Gasteiger partial charge in [-0.3, -0.25) is 4.57 Å². The highest BCUT2D eigenvalue weighted by Crippen LogP contribution is 2.38. The molecule has 2 aliphatic rings. The molecule has 3 heterocycles. The molecule has 166 valence electrons. The number of aromatic nitrogens is 3. The molecule has 1 unspecified atom stereocenters. The van der Waals surface area contributed by atoms with Gasteiger partial charge in [0.15, 0.2) is 11.9 Å². The van der Waals surface area contributed by atoms with Crippen LogP contribution in [0, 0.1) is 0 Å². The van der Waals surface area contributed by atoms with Crippen LogP contribution in [0.5, 0.6) is 6.01 Å². The molecule has 0 bridgehead atoms. The van der Waals surface area contributed by atoms with Gasteiger partial charge in [0.2, 0.25) is 0 Å². The number of aliphatic hydroxyl groups is 2. The van der Waals surface area contributed by atoms with E-state index < -0.39 is 38.1 Å². The lowest BCUT2D eigenvalue weighted by atomic mass is 10.1. The Kier molecular flexibility index (Phi) is 5.99. The topological polar surface area (TPSA) is 168 Å². The Morgan fingerprint density at radius 1 is 1.30 bits per heavy atom. The summed E-state index contributed by atoms with van der Waals surface area (Å²) in [6, 6.07) is 1.58. The summed E-state index contributed by atoms with van der Waals surface area (Å²) in [5, 5.41) is 34.7. The van der Waals surface area contributed by atoms with E-state index in [9.17, 15) is 19.9 Å². The van der Waals surface area contributed by atoms with Gasteiger partial charge in [-0.25, -0.2) is 4.89 Å². The fourth-order valence-corrected chi connectivity index (χ4v) is 4.15. The molecule has 2 aromatic heterocycles. The van der Waals surface area contributed by atoms with Crippen LogP contribution < -0.4 is 5.32 Å². The molecule has 1 aliphatic heterocycles. The zero-order valence-corrected chi connectivity index (χ0v) is 17.2. The van der Waals surface area contributed by atoms with Crippen LogP contribution in [-0.2, 0) is 18.9 Å². The highest BCUT2D eigenvalue weighted by molar-refractivity contribution is 7.51. The van der Waals surface area contributed by atoms with Gasteiger partial charge < -0.3 is 34.8 Å². The monoisotopic (exact) mass is 444 g/mol. The lowest BCUT2D eigenvalue weighted by molar-refractivity contribution is -0.238. The van der Waals surface area contributed by atoms with E-state index in [-0.39, 0.29) is 12.6 Å². The highest BCUT2D eigenvalue weighted by Gasteiger charge is 2.44. The number of hydrogen-bond donors (Lipinski definition) is 5. The molecular formula is C17H25N4O8P. The first-order chi connectivity index (χ1) is 14.2. The van der Waals surface area contributed by atoms with E-state index in [2.05, 4.69) is 24.8 Å². The lowest BCUT2D eigenvalue weighted by Crippen LogP contribution is -2.33. The second-order valence-electron chi connectivity index (χ2n) is 7.67. The van der Waals surface area contributed by atoms with Crippen molar-refractivity contribution in [3.05, 3.63) is 12.3 Å². The zero-order chi connectivity index (χ0) is 21.5. The minimum absolute atomic E-state index is 0.267. The Hall–Kier alpha value is -1.79. The van der Waals surface area contributed by atoms with Gasteiger partial charge in [-0.05, 0) is 18.9 Å². The van der Waals surface area contributed by atoms with Crippen molar-refractivity contribution >= 4 is 24.4 Å². The molecule has 30 heavy (non-hydrogen) atoms. The van der Waals surface area contributed by atoms with Crippen molar-refractivity contribution in [2.24, 2.45) is 0 Å². The Bertz CT molecular complexity index is 943. The molecule has 1 aliphatic carbocycles. The average Bonchev–Trinajstić information content (AvgIpc) is 3.37. The number of hydrogen-bond acceptors (Lipinski definition) is 10. The minimum Gasteiger partial charge on any atom is -0.479 e. The third-order valence-corrected chi connectivity index (χ3v) is 5.67. The van der Waals surface area contributed by atoms with Crippen LogP contribution in [0.3, 0.4) is 0 Å². The molecule has 0 radical (unpaired) electrons. The normalized spacial score (nSPS) is 29.5. The van der Waals surface area contributed by atoms with Crippen LogP contribution >= 0.6 is 7.60 Å². The second-order valence-corrected chi connectivity index (χ2v) is 9.42. The first kappa shape index (κ1) is 21.4. The summed E-state index contributed by atoms with van der Waals surface area (Å²) in [6.07, 6.45) is 1.22. The quantitative estimate of drug-likeness (QED) is 0.233. The third kappa shape index (κ3) is 4.45. The number of nitrogens with one attached hydrogen (secondary N) is 1. The molecule has 1 saturated heterocycles. The highest BCUT2D eigenvalue weighted by atomic mass is 31.2. The maximum atomic E-state index is 11.1. The summed E-state index contributed by atoms with van der Waals surface area (Å²) in [4.78, 5) is 21.9. The van der Waals surface area contributed by atoms with Gasteiger partial charge in [-0.1, -0.05) is 12.8 Å². The number of aliphatic hydroxyl groups excluding tert-OH is 2. The van der Waals surface area contributed by atoms with Gasteiger partial charge in [-0.2, -0.15) is 9.97 Å². The third-order valence-electron chi connectivity index (χ3n) is 5.29. The fraction of sp³-hybridized carbons (Fsp3) is 0.647. The Morgan fingerprint density at radius 3 is 2.73 bits per heavy atom. The molecule has 0 aromatic carbocycles. The second kappa shape index (κ2) is 8.39. The van der Waals surface area contributed by atoms with E-state index in [1.54, 1.807) is 12.3 Å². The van der Waals surface area contributed by atoms with Crippen molar-refractivity contribution in [1.29, 1.82) is 0 Å². The first-order valence-electron chi connectivity index (χ1n) is 9.70. The van der Waals surface area contributed by atoms with E-state index in [0.717, 1.165) is 32.3 Å². The van der Waals surface area contributed by atoms with E-state index in [0.29, 0.717) is 16.9 Å². The standard InChI is InChI=1S/C17H25N4O8P/c1-30(25,26)29-27-8-11-12(22)13(23)16(28-11)21-7-6-10-14(18-9-4-2-3-5-9)19-17(24)20-15(10)21/h6-7,9,11-13,16,22-23H,2-5,8H2,1H3,(H,25,26)(H2,18,19,20,24)/t11-,12-,13-,16-/m1/s1. The number of ether oxygens (including phenoxy) is 1. The van der Waals surface area contributed by atoms with Crippen LogP contribution in [-0.4, -0.2) is 72.4 Å². The van der Waals surface area contributed by atoms with Crippen LogP contribution in [0.2, 0.25) is 0 Å². The van der Waals surface area contributed by atoms with Crippen molar-refractivity contribution in [1.82, 2.24) is 14.5 Å². The molecule has 1 saturated carbocycles. The van der Waals surface area contributed by atoms with Gasteiger partial charge in [-0.15, -0.1) is 4.67 Å². The van der Waals surface area contributed by atoms with Gasteiger partial charge in [0.25, 0.3) is 0 Å². The molecule has 5 N–H and O–H groups in total. The molecule has 12 nitrogen and oxygen atoms in total. The largest absolute Gasteiger partial charge is 0.479 e. The Balaban J connectivity index is 1.55. The van der Waals surface area contributed by atoms with Crippen molar-refractivity contribution in [2.45, 2.75) is 56.3 Å². The number of fused-ring (bicyclic) bond motifs is 1. The predicted molar refractivity (Wildman–Crippen MR) is 104 cm³/mol. The lowest BCUT2D eigenvalue weighted by Gasteiger charge is -2.18. The van der Waals surface area contributed by atoms with Crippen LogP contribution in [0.1, 0.15) is 31.9 Å². The minimum atomic E-state index is -3.86. The van der Waals surface area contributed by atoms with Gasteiger partial charge in [0, 0.05) is 18.9 Å². The Labute approximate surface area is 171 Å². The SMILES string of the molecule is CP(=O)(O)OOC[C@H]1O[C@@H](n2ccc3c(NC4CCCC4)nc(O)nc32)[C@H](O)[C@@H]1O. The molecule has 5 atom stereocenters. The molecular weight excluding hydrogens is 419 g/mol. The van der Waals surface area contributed by atoms with E-state index in [1.807, 2.05) is 0 Å². The molecule has 13 heteroatoms. The molecule has 2 fully saturated rings. The molecule has 4 rings (SSSR count). The van der Waals surface area contributed by atoms with Gasteiger partial charge >= 0.3 is 13.6 Å². The number of nitrogens with zero attached hydrogens (tertiary/aromatic N) is 3. The summed E-state index contributed by atoms with van der Waals surface area (Å²) in [5.41, 5.74) is 0.325. The van der Waals surface area contributed by atoms with Crippen LogP contribution in [0.4, 0.5) is 5.82 Å². The number of anilines is 1. The summed E-state index contributed by atoms with van der Waals surface area (Å²) >= 11 is 0. The number of rotatable bonds is 7. The van der Waals surface area contributed by atoms with E-state index in [4.69, 9.17) is 9.63 Å². The summed E-state index contributed by atoms with van der Waals surface area (Å²) < 4.78 is 22.6. The Morgan fingerprint density at radius 2 is 2.03 bits per heavy atom. The number of aromatic hydroxyl groups is 1. The van der Waals surface area contributed by atoms with Crippen LogP contribution in [0.15, 0.2) is 12.3 Å². The van der Waals surface area contributed by atoms with E-state index >= 15 is 0 Å². The zero-order valence-electron chi connectivity index (χ0n) is 16.3. The molecule has 2 aromatic rings. The van der Waals surface area contributed by atoms with Crippen molar-refractivity contribution in [3.8, 4) is 6.01 Å². The first-order valence-corrected chi connectivity index (χ1v) is 11.7.